The third-order valence-electron chi connectivity index (χ3n) is 7.63. The lowest BCUT2D eigenvalue weighted by molar-refractivity contribution is 0.100. The van der Waals surface area contributed by atoms with E-state index in [0.29, 0.717) is 44.5 Å². The van der Waals surface area contributed by atoms with Crippen LogP contribution >= 0.6 is 0 Å². The molecule has 210 valence electrons. The van der Waals surface area contributed by atoms with E-state index < -0.39 is 15.9 Å². The van der Waals surface area contributed by atoms with Gasteiger partial charge < -0.3 is 20.4 Å². The molecule has 0 bridgehead atoms. The molecule has 0 aliphatic carbocycles. The number of nitrogens with two attached hydrogens (primary N) is 1. The number of aromatic amines is 1. The quantitative estimate of drug-likeness (QED) is 0.266. The van der Waals surface area contributed by atoms with Crippen molar-refractivity contribution in [2.24, 2.45) is 5.73 Å². The monoisotopic (exact) mass is 560 g/mol. The molecule has 40 heavy (non-hydrogen) atoms. The molecular weight excluding hydrogens is 524 g/mol. The van der Waals surface area contributed by atoms with Gasteiger partial charge in [0.2, 0.25) is 10.0 Å². The SMILES string of the molecule is CN(C)c1cccc(OCCCS(=O)(=O)N2CCC(c3c[nH]c4c(C(N)=O)cc(-c5ccccc5)cc34)CC2)c1. The summed E-state index contributed by atoms with van der Waals surface area (Å²) in [4.78, 5) is 17.5. The second-order valence-electron chi connectivity index (χ2n) is 10.5. The van der Waals surface area contributed by atoms with Gasteiger partial charge in [-0.2, -0.15) is 0 Å². The first-order valence-electron chi connectivity index (χ1n) is 13.6. The number of rotatable bonds is 10. The Balaban J connectivity index is 1.23. The summed E-state index contributed by atoms with van der Waals surface area (Å²) >= 11 is 0. The number of piperidine rings is 1. The molecule has 0 atom stereocenters. The number of aromatic nitrogens is 1. The van der Waals surface area contributed by atoms with Crippen LogP contribution in [0.25, 0.3) is 22.0 Å². The standard InChI is InChI=1S/C31H36N4O4S/c1-34(2)25-10-6-11-26(20-25)39-16-7-17-40(37,38)35-14-12-23(13-15-35)29-21-33-30-27(29)18-24(19-28(30)31(32)36)22-8-4-3-5-9-22/h3-6,8-11,18-21,23,33H,7,12-17H2,1-2H3,(H2,32,36). The lowest BCUT2D eigenvalue weighted by atomic mass is 9.88. The summed E-state index contributed by atoms with van der Waals surface area (Å²) in [6.45, 7) is 1.27. The minimum atomic E-state index is -3.38. The Kier molecular flexibility index (Phi) is 8.14. The molecule has 1 aliphatic rings. The molecule has 1 aromatic heterocycles. The highest BCUT2D eigenvalue weighted by Crippen LogP contribution is 2.37. The van der Waals surface area contributed by atoms with Gasteiger partial charge in [0.1, 0.15) is 5.75 Å². The van der Waals surface area contributed by atoms with Crippen LogP contribution in [0.1, 0.15) is 41.1 Å². The second-order valence-corrected chi connectivity index (χ2v) is 12.6. The number of benzene rings is 3. The first-order valence-corrected chi connectivity index (χ1v) is 15.2. The molecule has 0 unspecified atom stereocenters. The van der Waals surface area contributed by atoms with Crippen LogP contribution in [-0.4, -0.2) is 63.2 Å². The van der Waals surface area contributed by atoms with E-state index in [0.717, 1.165) is 39.0 Å². The Labute approximate surface area is 235 Å². The zero-order chi connectivity index (χ0) is 28.3. The molecule has 3 N–H and O–H groups in total. The molecule has 1 amide bonds. The average Bonchev–Trinajstić information content (AvgIpc) is 3.39. The lowest BCUT2D eigenvalue weighted by Crippen LogP contribution is -2.39. The number of hydrogen-bond donors (Lipinski definition) is 2. The van der Waals surface area contributed by atoms with Crippen molar-refractivity contribution < 1.29 is 17.9 Å². The van der Waals surface area contributed by atoms with E-state index in [4.69, 9.17) is 10.5 Å². The van der Waals surface area contributed by atoms with Crippen LogP contribution in [0, 0.1) is 0 Å². The van der Waals surface area contributed by atoms with Crippen molar-refractivity contribution in [2.45, 2.75) is 25.2 Å². The summed E-state index contributed by atoms with van der Waals surface area (Å²) in [6.07, 6.45) is 3.79. The number of H-pyrrole nitrogens is 1. The van der Waals surface area contributed by atoms with Crippen LogP contribution in [0.15, 0.2) is 72.9 Å². The van der Waals surface area contributed by atoms with E-state index in [9.17, 15) is 13.2 Å². The minimum absolute atomic E-state index is 0.0561. The molecule has 1 fully saturated rings. The van der Waals surface area contributed by atoms with Gasteiger partial charge in [-0.05, 0) is 66.1 Å². The third kappa shape index (κ3) is 6.00. The fourth-order valence-corrected chi connectivity index (χ4v) is 6.95. The predicted molar refractivity (Wildman–Crippen MR) is 160 cm³/mol. The maximum atomic E-state index is 13.1. The Morgan fingerprint density at radius 2 is 1.77 bits per heavy atom. The van der Waals surface area contributed by atoms with Gasteiger partial charge in [0.05, 0.1) is 23.4 Å². The summed E-state index contributed by atoms with van der Waals surface area (Å²) in [6, 6.07) is 21.6. The summed E-state index contributed by atoms with van der Waals surface area (Å²) in [5, 5.41) is 0.965. The number of sulfonamides is 1. The highest BCUT2D eigenvalue weighted by atomic mass is 32.2. The number of nitrogens with zero attached hydrogens (tertiary/aromatic N) is 2. The fourth-order valence-electron chi connectivity index (χ4n) is 5.44. The Morgan fingerprint density at radius 1 is 1.02 bits per heavy atom. The van der Waals surface area contributed by atoms with Crippen molar-refractivity contribution in [1.82, 2.24) is 9.29 Å². The maximum Gasteiger partial charge on any atom is 0.250 e. The molecule has 0 spiro atoms. The topological polar surface area (TPSA) is 109 Å². The predicted octanol–water partition coefficient (Wildman–Crippen LogP) is 4.98. The van der Waals surface area contributed by atoms with Crippen LogP contribution in [0.5, 0.6) is 5.75 Å². The van der Waals surface area contributed by atoms with Crippen molar-refractivity contribution in [2.75, 3.05) is 44.4 Å². The van der Waals surface area contributed by atoms with Crippen LogP contribution in [-0.2, 0) is 10.0 Å². The number of carbonyl (C=O) groups excluding carboxylic acids is 1. The van der Waals surface area contributed by atoms with Crippen LogP contribution in [0.2, 0.25) is 0 Å². The first kappa shape index (κ1) is 27.7. The summed E-state index contributed by atoms with van der Waals surface area (Å²) in [5.74, 6) is 0.490. The number of primary amides is 1. The van der Waals surface area contributed by atoms with Crippen LogP contribution in [0.4, 0.5) is 5.69 Å². The van der Waals surface area contributed by atoms with Gasteiger partial charge in [-0.25, -0.2) is 12.7 Å². The third-order valence-corrected chi connectivity index (χ3v) is 9.59. The number of nitrogens with one attached hydrogen (secondary N) is 1. The largest absolute Gasteiger partial charge is 0.493 e. The number of ether oxygens (including phenoxy) is 1. The molecule has 1 aliphatic heterocycles. The summed E-state index contributed by atoms with van der Waals surface area (Å²) in [5.41, 5.74) is 11.0. The lowest BCUT2D eigenvalue weighted by Gasteiger charge is -2.31. The number of fused-ring (bicyclic) bond motifs is 1. The van der Waals surface area contributed by atoms with Crippen LogP contribution < -0.4 is 15.4 Å². The van der Waals surface area contributed by atoms with E-state index in [-0.39, 0.29) is 11.7 Å². The number of amides is 1. The molecule has 8 nitrogen and oxygen atoms in total. The zero-order valence-electron chi connectivity index (χ0n) is 23.0. The Hall–Kier alpha value is -3.82. The average molecular weight is 561 g/mol. The molecule has 4 aromatic rings. The molecule has 2 heterocycles. The van der Waals surface area contributed by atoms with E-state index in [1.54, 1.807) is 4.31 Å². The van der Waals surface area contributed by atoms with Crippen molar-refractivity contribution >= 4 is 32.5 Å². The molecule has 0 saturated carbocycles. The zero-order valence-corrected chi connectivity index (χ0v) is 23.8. The minimum Gasteiger partial charge on any atom is -0.493 e. The van der Waals surface area contributed by atoms with Gasteiger partial charge in [0, 0.05) is 50.5 Å². The van der Waals surface area contributed by atoms with Gasteiger partial charge in [0.25, 0.3) is 5.91 Å². The summed E-state index contributed by atoms with van der Waals surface area (Å²) < 4.78 is 33.6. The second kappa shape index (κ2) is 11.7. The highest BCUT2D eigenvalue weighted by Gasteiger charge is 2.30. The normalized spacial score (nSPS) is 14.8. The van der Waals surface area contributed by atoms with Crippen molar-refractivity contribution in [1.29, 1.82) is 0 Å². The molecule has 9 heteroatoms. The van der Waals surface area contributed by atoms with E-state index in [1.165, 1.54) is 0 Å². The van der Waals surface area contributed by atoms with Gasteiger partial charge in [-0.15, -0.1) is 0 Å². The maximum absolute atomic E-state index is 13.1. The highest BCUT2D eigenvalue weighted by molar-refractivity contribution is 7.89. The van der Waals surface area contributed by atoms with E-state index in [2.05, 4.69) is 11.1 Å². The smallest absolute Gasteiger partial charge is 0.250 e. The molecule has 0 radical (unpaired) electrons. The van der Waals surface area contributed by atoms with E-state index in [1.807, 2.05) is 85.9 Å². The van der Waals surface area contributed by atoms with Crippen molar-refractivity contribution in [3.05, 3.63) is 84.1 Å². The molecule has 1 saturated heterocycles. The first-order chi connectivity index (χ1) is 19.2. The van der Waals surface area contributed by atoms with Crippen molar-refractivity contribution in [3.63, 3.8) is 0 Å². The van der Waals surface area contributed by atoms with E-state index >= 15 is 0 Å². The molecular formula is C31H36N4O4S. The van der Waals surface area contributed by atoms with Gasteiger partial charge in [0.15, 0.2) is 0 Å². The van der Waals surface area contributed by atoms with Crippen molar-refractivity contribution in [3.8, 4) is 16.9 Å². The summed E-state index contributed by atoms with van der Waals surface area (Å²) in [7, 11) is 0.553. The van der Waals surface area contributed by atoms with Gasteiger partial charge in [-0.3, -0.25) is 4.79 Å². The number of anilines is 1. The Bertz CT molecular complexity index is 1590. The van der Waals surface area contributed by atoms with Crippen LogP contribution in [0.3, 0.4) is 0 Å². The molecule has 5 rings (SSSR count). The fraction of sp³-hybridized carbons (Fsp3) is 0.323. The van der Waals surface area contributed by atoms with Gasteiger partial charge >= 0.3 is 0 Å². The number of hydrogen-bond acceptors (Lipinski definition) is 5. The number of carbonyl (C=O) groups is 1. The van der Waals surface area contributed by atoms with Gasteiger partial charge in [-0.1, -0.05) is 36.4 Å². The molecule has 3 aromatic carbocycles. The Morgan fingerprint density at radius 3 is 2.48 bits per heavy atom.